The first-order valence-electron chi connectivity index (χ1n) is 7.37. The summed E-state index contributed by atoms with van der Waals surface area (Å²) in [6.07, 6.45) is 1.52. The van der Waals surface area contributed by atoms with E-state index in [1.54, 1.807) is 31.2 Å². The fourth-order valence-corrected chi connectivity index (χ4v) is 3.45. The summed E-state index contributed by atoms with van der Waals surface area (Å²) in [5, 5.41) is 2.68. The fraction of sp³-hybridized carbons (Fsp3) is 0.111. The Hall–Kier alpha value is -2.08. The highest BCUT2D eigenvalue weighted by Crippen LogP contribution is 2.24. The van der Waals surface area contributed by atoms with Crippen LogP contribution in [-0.4, -0.2) is 8.42 Å². The van der Waals surface area contributed by atoms with E-state index in [2.05, 4.69) is 4.72 Å². The van der Waals surface area contributed by atoms with Crippen LogP contribution >= 0.6 is 11.6 Å². The molecule has 6 heteroatoms. The molecular formula is C18H16ClNO3S. The summed E-state index contributed by atoms with van der Waals surface area (Å²) >= 11 is 5.81. The highest BCUT2D eigenvalue weighted by molar-refractivity contribution is 7.92. The number of fused-ring (bicyclic) bond motifs is 1. The summed E-state index contributed by atoms with van der Waals surface area (Å²) in [5.74, 6) is 0.569. The average Bonchev–Trinajstić information content (AvgIpc) is 2.98. The second-order valence-electron chi connectivity index (χ2n) is 5.43. The SMILES string of the molecule is C[C@H](NS(=O)(=O)/C=C/c1ccc(Cl)cc1)c1cc2ccccc2o1. The summed E-state index contributed by atoms with van der Waals surface area (Å²) < 4.78 is 32.7. The summed E-state index contributed by atoms with van der Waals surface area (Å²) in [4.78, 5) is 0. The van der Waals surface area contributed by atoms with Crippen molar-refractivity contribution in [3.05, 3.63) is 76.4 Å². The molecule has 0 unspecified atom stereocenters. The first kappa shape index (κ1) is 16.8. The van der Waals surface area contributed by atoms with Crippen molar-refractivity contribution in [2.75, 3.05) is 0 Å². The smallest absolute Gasteiger partial charge is 0.234 e. The monoisotopic (exact) mass is 361 g/mol. The maximum atomic E-state index is 12.2. The zero-order valence-electron chi connectivity index (χ0n) is 12.9. The lowest BCUT2D eigenvalue weighted by Crippen LogP contribution is -2.24. The zero-order chi connectivity index (χ0) is 17.2. The van der Waals surface area contributed by atoms with E-state index in [0.29, 0.717) is 10.8 Å². The van der Waals surface area contributed by atoms with Crippen molar-refractivity contribution in [3.8, 4) is 0 Å². The van der Waals surface area contributed by atoms with Gasteiger partial charge >= 0.3 is 0 Å². The molecule has 124 valence electrons. The molecule has 1 N–H and O–H groups in total. The van der Waals surface area contributed by atoms with Crippen LogP contribution in [0.2, 0.25) is 5.02 Å². The molecule has 3 aromatic rings. The summed E-state index contributed by atoms with van der Waals surface area (Å²) in [6.45, 7) is 1.74. The van der Waals surface area contributed by atoms with Crippen LogP contribution in [0.1, 0.15) is 24.3 Å². The van der Waals surface area contributed by atoms with Crippen molar-refractivity contribution in [1.29, 1.82) is 0 Å². The summed E-state index contributed by atoms with van der Waals surface area (Å²) in [5.41, 5.74) is 1.48. The average molecular weight is 362 g/mol. The third kappa shape index (κ3) is 4.06. The van der Waals surface area contributed by atoms with Crippen LogP contribution in [0, 0.1) is 0 Å². The molecule has 2 aromatic carbocycles. The van der Waals surface area contributed by atoms with E-state index in [-0.39, 0.29) is 0 Å². The van der Waals surface area contributed by atoms with Crippen molar-refractivity contribution in [2.24, 2.45) is 0 Å². The Bertz CT molecular complexity index is 942. The molecule has 0 aliphatic heterocycles. The van der Waals surface area contributed by atoms with Crippen LogP contribution in [0.5, 0.6) is 0 Å². The van der Waals surface area contributed by atoms with E-state index in [1.165, 1.54) is 6.08 Å². The number of para-hydroxylation sites is 1. The zero-order valence-corrected chi connectivity index (χ0v) is 14.5. The predicted octanol–water partition coefficient (Wildman–Crippen LogP) is 4.74. The minimum absolute atomic E-state index is 0.475. The van der Waals surface area contributed by atoms with Gasteiger partial charge in [0.05, 0.1) is 6.04 Å². The normalized spacial score (nSPS) is 13.6. The van der Waals surface area contributed by atoms with Crippen molar-refractivity contribution < 1.29 is 12.8 Å². The molecule has 0 saturated carbocycles. The first-order chi connectivity index (χ1) is 11.4. The number of furan rings is 1. The molecule has 0 bridgehead atoms. The molecule has 0 fully saturated rings. The second-order valence-corrected chi connectivity index (χ2v) is 7.46. The van der Waals surface area contributed by atoms with Gasteiger partial charge in [-0.15, -0.1) is 0 Å². The van der Waals surface area contributed by atoms with Crippen LogP contribution in [0.3, 0.4) is 0 Å². The molecule has 1 heterocycles. The van der Waals surface area contributed by atoms with Crippen LogP contribution in [0.15, 0.2) is 64.4 Å². The third-order valence-electron chi connectivity index (χ3n) is 3.52. The van der Waals surface area contributed by atoms with Gasteiger partial charge in [-0.05, 0) is 42.8 Å². The van der Waals surface area contributed by atoms with Gasteiger partial charge in [0, 0.05) is 15.8 Å². The van der Waals surface area contributed by atoms with Crippen LogP contribution in [0.25, 0.3) is 17.0 Å². The number of nitrogens with one attached hydrogen (secondary N) is 1. The lowest BCUT2D eigenvalue weighted by atomic mass is 10.2. The van der Waals surface area contributed by atoms with Gasteiger partial charge in [0.1, 0.15) is 11.3 Å². The van der Waals surface area contributed by atoms with Crippen LogP contribution in [0.4, 0.5) is 0 Å². The Morgan fingerprint density at radius 2 is 1.83 bits per heavy atom. The molecule has 0 saturated heterocycles. The van der Waals surface area contributed by atoms with Gasteiger partial charge in [0.25, 0.3) is 0 Å². The second kappa shape index (κ2) is 6.81. The largest absolute Gasteiger partial charge is 0.459 e. The van der Waals surface area contributed by atoms with Crippen molar-refractivity contribution >= 4 is 38.7 Å². The maximum Gasteiger partial charge on any atom is 0.234 e. The molecule has 0 amide bonds. The third-order valence-corrected chi connectivity index (χ3v) is 4.95. The maximum absolute atomic E-state index is 12.2. The Balaban J connectivity index is 1.74. The Kier molecular flexibility index (Phi) is 4.76. The summed E-state index contributed by atoms with van der Waals surface area (Å²) in [7, 11) is -3.60. The van der Waals surface area contributed by atoms with E-state index in [1.807, 2.05) is 30.3 Å². The lowest BCUT2D eigenvalue weighted by molar-refractivity contribution is 0.487. The number of sulfonamides is 1. The predicted molar refractivity (Wildman–Crippen MR) is 97.2 cm³/mol. The number of benzene rings is 2. The van der Waals surface area contributed by atoms with Gasteiger partial charge < -0.3 is 4.42 Å². The fourth-order valence-electron chi connectivity index (χ4n) is 2.30. The standard InChI is InChI=1S/C18H16ClNO3S/c1-13(18-12-15-4-2-3-5-17(15)23-18)20-24(21,22)11-10-14-6-8-16(19)9-7-14/h2-13,20H,1H3/b11-10+/t13-/m0/s1. The molecule has 0 spiro atoms. The van der Waals surface area contributed by atoms with Gasteiger partial charge in [-0.3, -0.25) is 0 Å². The molecule has 24 heavy (non-hydrogen) atoms. The van der Waals surface area contributed by atoms with Crippen molar-refractivity contribution in [2.45, 2.75) is 13.0 Å². The molecule has 3 rings (SSSR count). The minimum atomic E-state index is -3.60. The van der Waals surface area contributed by atoms with Crippen molar-refractivity contribution in [3.63, 3.8) is 0 Å². The molecule has 4 nitrogen and oxygen atoms in total. The van der Waals surface area contributed by atoms with Gasteiger partial charge in [0.2, 0.25) is 10.0 Å². The Morgan fingerprint density at radius 1 is 1.12 bits per heavy atom. The topological polar surface area (TPSA) is 59.3 Å². The van der Waals surface area contributed by atoms with E-state index in [0.717, 1.165) is 21.9 Å². The summed E-state index contributed by atoms with van der Waals surface area (Å²) in [6, 6.07) is 15.8. The van der Waals surface area contributed by atoms with Crippen LogP contribution in [-0.2, 0) is 10.0 Å². The Morgan fingerprint density at radius 3 is 2.54 bits per heavy atom. The number of rotatable bonds is 5. The van der Waals surface area contributed by atoms with E-state index < -0.39 is 16.1 Å². The van der Waals surface area contributed by atoms with E-state index in [9.17, 15) is 8.42 Å². The quantitative estimate of drug-likeness (QED) is 0.714. The van der Waals surface area contributed by atoms with Gasteiger partial charge in [-0.1, -0.05) is 41.9 Å². The van der Waals surface area contributed by atoms with Crippen LogP contribution < -0.4 is 4.72 Å². The molecular weight excluding hydrogens is 346 g/mol. The van der Waals surface area contributed by atoms with Gasteiger partial charge in [-0.25, -0.2) is 13.1 Å². The molecule has 1 aromatic heterocycles. The van der Waals surface area contributed by atoms with Gasteiger partial charge in [0.15, 0.2) is 0 Å². The van der Waals surface area contributed by atoms with Gasteiger partial charge in [-0.2, -0.15) is 0 Å². The molecule has 0 aliphatic carbocycles. The molecule has 0 aliphatic rings. The highest BCUT2D eigenvalue weighted by atomic mass is 35.5. The molecule has 0 radical (unpaired) electrons. The molecule has 1 atom stereocenters. The lowest BCUT2D eigenvalue weighted by Gasteiger charge is -2.09. The first-order valence-corrected chi connectivity index (χ1v) is 9.30. The number of hydrogen-bond donors (Lipinski definition) is 1. The number of hydrogen-bond acceptors (Lipinski definition) is 3. The van der Waals surface area contributed by atoms with E-state index >= 15 is 0 Å². The van der Waals surface area contributed by atoms with Crippen molar-refractivity contribution in [1.82, 2.24) is 4.72 Å². The Labute approximate surface area is 145 Å². The number of halogens is 1. The van der Waals surface area contributed by atoms with E-state index in [4.69, 9.17) is 16.0 Å². The highest BCUT2D eigenvalue weighted by Gasteiger charge is 2.16. The minimum Gasteiger partial charge on any atom is -0.459 e.